The van der Waals surface area contributed by atoms with Crippen LogP contribution in [0.4, 0.5) is 0 Å². The lowest BCUT2D eigenvalue weighted by Gasteiger charge is -2.00. The number of hydrogen-bond donors (Lipinski definition) is 1. The average molecular weight is 287 g/mol. The molecule has 0 radical (unpaired) electrons. The number of pyridine rings is 1. The fourth-order valence-electron chi connectivity index (χ4n) is 1.99. The summed E-state index contributed by atoms with van der Waals surface area (Å²) in [6, 6.07) is 10.4. The summed E-state index contributed by atoms with van der Waals surface area (Å²) in [6.45, 7) is 2.10. The Labute approximate surface area is 108 Å². The Hall–Kier alpha value is -1.61. The molecule has 0 bridgehead atoms. The molecule has 1 aromatic carbocycles. The summed E-state index contributed by atoms with van der Waals surface area (Å²) in [6.07, 6.45) is 3.72. The first-order valence-electron chi connectivity index (χ1n) is 5.43. The van der Waals surface area contributed by atoms with Gasteiger partial charge in [-0.15, -0.1) is 0 Å². The quantitative estimate of drug-likeness (QED) is 0.710. The molecule has 0 fully saturated rings. The van der Waals surface area contributed by atoms with Crippen molar-refractivity contribution in [3.63, 3.8) is 0 Å². The number of benzene rings is 1. The van der Waals surface area contributed by atoms with Crippen molar-refractivity contribution in [3.8, 4) is 11.3 Å². The SMILES string of the molecule is Cc1ccncc1-c1cc2cc(Br)ccc2[nH]1. The topological polar surface area (TPSA) is 28.7 Å². The van der Waals surface area contributed by atoms with E-state index in [0.29, 0.717) is 0 Å². The van der Waals surface area contributed by atoms with Crippen LogP contribution in [0.5, 0.6) is 0 Å². The van der Waals surface area contributed by atoms with Crippen LogP contribution < -0.4 is 0 Å². The third-order valence-corrected chi connectivity index (χ3v) is 3.41. The molecule has 0 aliphatic carbocycles. The molecule has 0 amide bonds. The van der Waals surface area contributed by atoms with Crippen LogP contribution in [0.25, 0.3) is 22.2 Å². The molecule has 0 unspecified atom stereocenters. The molecule has 0 aliphatic rings. The minimum Gasteiger partial charge on any atom is -0.354 e. The van der Waals surface area contributed by atoms with Crippen molar-refractivity contribution in [3.05, 3.63) is 52.8 Å². The van der Waals surface area contributed by atoms with Gasteiger partial charge in [0.25, 0.3) is 0 Å². The zero-order valence-corrected chi connectivity index (χ0v) is 11.0. The second kappa shape index (κ2) is 4.00. The summed E-state index contributed by atoms with van der Waals surface area (Å²) < 4.78 is 1.10. The van der Waals surface area contributed by atoms with Crippen molar-refractivity contribution in [2.45, 2.75) is 6.92 Å². The molecule has 0 saturated heterocycles. The molecule has 2 aromatic heterocycles. The first-order valence-corrected chi connectivity index (χ1v) is 6.22. The largest absolute Gasteiger partial charge is 0.354 e. The van der Waals surface area contributed by atoms with Gasteiger partial charge >= 0.3 is 0 Å². The molecule has 0 aliphatic heterocycles. The zero-order valence-electron chi connectivity index (χ0n) is 9.37. The molecular formula is C14H11BrN2. The van der Waals surface area contributed by atoms with E-state index in [1.165, 1.54) is 10.9 Å². The van der Waals surface area contributed by atoms with Gasteiger partial charge < -0.3 is 4.98 Å². The van der Waals surface area contributed by atoms with E-state index in [1.807, 2.05) is 24.5 Å². The summed E-state index contributed by atoms with van der Waals surface area (Å²) in [4.78, 5) is 7.60. The Kier molecular flexibility index (Phi) is 2.48. The highest BCUT2D eigenvalue weighted by molar-refractivity contribution is 9.10. The Morgan fingerprint density at radius 1 is 1.18 bits per heavy atom. The van der Waals surface area contributed by atoms with Crippen molar-refractivity contribution in [2.75, 3.05) is 0 Å². The van der Waals surface area contributed by atoms with E-state index in [1.54, 1.807) is 0 Å². The Bertz CT molecular complexity index is 686. The van der Waals surface area contributed by atoms with Gasteiger partial charge in [-0.3, -0.25) is 4.98 Å². The Morgan fingerprint density at radius 3 is 2.88 bits per heavy atom. The molecule has 17 heavy (non-hydrogen) atoms. The van der Waals surface area contributed by atoms with Gasteiger partial charge in [0, 0.05) is 39.0 Å². The van der Waals surface area contributed by atoms with E-state index in [2.05, 4.69) is 51.0 Å². The summed E-state index contributed by atoms with van der Waals surface area (Å²) in [5.74, 6) is 0. The van der Waals surface area contributed by atoms with E-state index in [4.69, 9.17) is 0 Å². The van der Waals surface area contributed by atoms with Crippen molar-refractivity contribution in [1.29, 1.82) is 0 Å². The maximum Gasteiger partial charge on any atom is 0.0483 e. The van der Waals surface area contributed by atoms with Gasteiger partial charge in [0.05, 0.1) is 0 Å². The third kappa shape index (κ3) is 1.87. The van der Waals surface area contributed by atoms with Gasteiger partial charge in [0.1, 0.15) is 0 Å². The predicted molar refractivity (Wildman–Crippen MR) is 74.0 cm³/mol. The molecule has 0 saturated carbocycles. The van der Waals surface area contributed by atoms with E-state index in [9.17, 15) is 0 Å². The first-order chi connectivity index (χ1) is 8.24. The van der Waals surface area contributed by atoms with Crippen molar-refractivity contribution in [2.24, 2.45) is 0 Å². The highest BCUT2D eigenvalue weighted by Crippen LogP contribution is 2.27. The fraction of sp³-hybridized carbons (Fsp3) is 0.0714. The predicted octanol–water partition coefficient (Wildman–Crippen LogP) is 4.30. The van der Waals surface area contributed by atoms with Gasteiger partial charge in [0.2, 0.25) is 0 Å². The van der Waals surface area contributed by atoms with Gasteiger partial charge in [0.15, 0.2) is 0 Å². The van der Waals surface area contributed by atoms with Crippen LogP contribution in [0.3, 0.4) is 0 Å². The van der Waals surface area contributed by atoms with Crippen LogP contribution >= 0.6 is 15.9 Å². The number of rotatable bonds is 1. The standard InChI is InChI=1S/C14H11BrN2/c1-9-4-5-16-8-12(9)14-7-10-6-11(15)2-3-13(10)17-14/h2-8,17H,1H3. The lowest BCUT2D eigenvalue weighted by Crippen LogP contribution is -1.83. The van der Waals surface area contributed by atoms with Gasteiger partial charge in [-0.2, -0.15) is 0 Å². The zero-order chi connectivity index (χ0) is 11.8. The molecule has 3 rings (SSSR count). The molecule has 2 heterocycles. The highest BCUT2D eigenvalue weighted by Gasteiger charge is 2.05. The van der Waals surface area contributed by atoms with Crippen LogP contribution in [-0.4, -0.2) is 9.97 Å². The van der Waals surface area contributed by atoms with Gasteiger partial charge in [-0.1, -0.05) is 15.9 Å². The van der Waals surface area contributed by atoms with Crippen LogP contribution in [0.15, 0.2) is 47.2 Å². The van der Waals surface area contributed by atoms with E-state index in [0.717, 1.165) is 21.2 Å². The molecule has 3 aromatic rings. The molecule has 84 valence electrons. The number of fused-ring (bicyclic) bond motifs is 1. The van der Waals surface area contributed by atoms with Crippen molar-refractivity contribution in [1.82, 2.24) is 9.97 Å². The molecule has 0 spiro atoms. The van der Waals surface area contributed by atoms with Crippen LogP contribution in [0, 0.1) is 6.92 Å². The number of hydrogen-bond acceptors (Lipinski definition) is 1. The monoisotopic (exact) mass is 286 g/mol. The number of aromatic amines is 1. The minimum atomic E-state index is 1.10. The van der Waals surface area contributed by atoms with Crippen molar-refractivity contribution >= 4 is 26.8 Å². The number of nitrogens with zero attached hydrogens (tertiary/aromatic N) is 1. The maximum atomic E-state index is 4.18. The van der Waals surface area contributed by atoms with Gasteiger partial charge in [-0.05, 0) is 42.8 Å². The highest BCUT2D eigenvalue weighted by atomic mass is 79.9. The summed E-state index contributed by atoms with van der Waals surface area (Å²) >= 11 is 3.49. The third-order valence-electron chi connectivity index (χ3n) is 2.91. The Morgan fingerprint density at radius 2 is 2.06 bits per heavy atom. The second-order valence-corrected chi connectivity index (χ2v) is 5.02. The number of aryl methyl sites for hydroxylation is 1. The minimum absolute atomic E-state index is 1.10. The molecule has 1 N–H and O–H groups in total. The molecule has 2 nitrogen and oxygen atoms in total. The van der Waals surface area contributed by atoms with E-state index in [-0.39, 0.29) is 0 Å². The number of nitrogens with one attached hydrogen (secondary N) is 1. The lowest BCUT2D eigenvalue weighted by atomic mass is 10.1. The first kappa shape index (κ1) is 10.5. The smallest absolute Gasteiger partial charge is 0.0483 e. The summed E-state index contributed by atoms with van der Waals surface area (Å²) in [5.41, 5.74) is 4.64. The van der Waals surface area contributed by atoms with Crippen LogP contribution in [-0.2, 0) is 0 Å². The van der Waals surface area contributed by atoms with E-state index < -0.39 is 0 Å². The van der Waals surface area contributed by atoms with Crippen LogP contribution in [0.2, 0.25) is 0 Å². The van der Waals surface area contributed by atoms with E-state index >= 15 is 0 Å². The van der Waals surface area contributed by atoms with Gasteiger partial charge in [-0.25, -0.2) is 0 Å². The maximum absolute atomic E-state index is 4.18. The van der Waals surface area contributed by atoms with Crippen LogP contribution in [0.1, 0.15) is 5.56 Å². The summed E-state index contributed by atoms with van der Waals surface area (Å²) in [7, 11) is 0. The average Bonchev–Trinajstić information content (AvgIpc) is 2.72. The molecule has 0 atom stereocenters. The molecular weight excluding hydrogens is 276 g/mol. The second-order valence-electron chi connectivity index (χ2n) is 4.11. The normalized spacial score (nSPS) is 10.9. The Balaban J connectivity index is 2.22. The fourth-order valence-corrected chi connectivity index (χ4v) is 2.37. The van der Waals surface area contributed by atoms with Crippen molar-refractivity contribution < 1.29 is 0 Å². The number of aromatic nitrogens is 2. The molecule has 3 heteroatoms. The number of H-pyrrole nitrogens is 1. The number of halogens is 1. The summed E-state index contributed by atoms with van der Waals surface area (Å²) in [5, 5.41) is 1.21. The lowest BCUT2D eigenvalue weighted by molar-refractivity contribution is 1.27.